The second-order valence-electron chi connectivity index (χ2n) is 13.9. The Morgan fingerprint density at radius 1 is 0.255 bits per heavy atom. The molecule has 0 saturated carbocycles. The summed E-state index contributed by atoms with van der Waals surface area (Å²) in [6, 6.07) is 75.1. The summed E-state index contributed by atoms with van der Waals surface area (Å²) in [5, 5.41) is 0. The number of aromatic nitrogens is 3. The molecule has 0 aliphatic heterocycles. The van der Waals surface area contributed by atoms with Gasteiger partial charge in [-0.1, -0.05) is 212 Å². The lowest BCUT2D eigenvalue weighted by atomic mass is 9.66. The molecule has 0 fully saturated rings. The van der Waals surface area contributed by atoms with Crippen molar-refractivity contribution in [3.8, 4) is 67.5 Å². The van der Waals surface area contributed by atoms with Crippen molar-refractivity contribution in [3.63, 3.8) is 0 Å². The van der Waals surface area contributed by atoms with Crippen molar-refractivity contribution >= 4 is 0 Å². The number of rotatable bonds is 7. The van der Waals surface area contributed by atoms with Crippen molar-refractivity contribution in [3.05, 3.63) is 235 Å². The number of fused-ring (bicyclic) bond motifs is 3. The Bertz CT molecular complexity index is 2720. The van der Waals surface area contributed by atoms with E-state index in [1.807, 2.05) is 24.3 Å². The van der Waals surface area contributed by atoms with Gasteiger partial charge in [0.15, 0.2) is 17.5 Å². The normalized spacial score (nSPS) is 12.5. The van der Waals surface area contributed by atoms with Gasteiger partial charge in [-0.15, -0.1) is 0 Å². The summed E-state index contributed by atoms with van der Waals surface area (Å²) in [4.78, 5) is 15.7. The van der Waals surface area contributed by atoms with E-state index < -0.39 is 5.41 Å². The Kier molecular flexibility index (Phi) is 8.04. The largest absolute Gasteiger partial charge is 0.208 e. The summed E-state index contributed by atoms with van der Waals surface area (Å²) in [5.41, 5.74) is 14.2. The Hall–Kier alpha value is -7.23. The Morgan fingerprint density at radius 3 is 1.16 bits per heavy atom. The van der Waals surface area contributed by atoms with Gasteiger partial charge in [-0.25, -0.2) is 15.0 Å². The number of hydrogen-bond donors (Lipinski definition) is 0. The van der Waals surface area contributed by atoms with Gasteiger partial charge in [-0.3, -0.25) is 0 Å². The zero-order valence-electron chi connectivity index (χ0n) is 30.0. The molecular formula is C52H35N3. The van der Waals surface area contributed by atoms with Gasteiger partial charge < -0.3 is 0 Å². The molecule has 0 amide bonds. The summed E-state index contributed by atoms with van der Waals surface area (Å²) in [6.07, 6.45) is 0. The molecule has 258 valence electrons. The summed E-state index contributed by atoms with van der Waals surface area (Å²) >= 11 is 0. The van der Waals surface area contributed by atoms with Crippen LogP contribution in [-0.2, 0) is 5.41 Å². The molecule has 0 N–H and O–H groups in total. The summed E-state index contributed by atoms with van der Waals surface area (Å²) < 4.78 is 0. The maximum absolute atomic E-state index is 5.32. The number of nitrogens with zero attached hydrogens (tertiary/aromatic N) is 3. The maximum Gasteiger partial charge on any atom is 0.164 e. The van der Waals surface area contributed by atoms with E-state index in [9.17, 15) is 0 Å². The predicted octanol–water partition coefficient (Wildman–Crippen LogP) is 12.6. The minimum Gasteiger partial charge on any atom is -0.208 e. The van der Waals surface area contributed by atoms with Crippen LogP contribution >= 0.6 is 0 Å². The zero-order valence-corrected chi connectivity index (χ0v) is 30.0. The lowest BCUT2D eigenvalue weighted by molar-refractivity contribution is 0.769. The molecule has 0 atom stereocenters. The molecule has 10 rings (SSSR count). The van der Waals surface area contributed by atoms with Crippen molar-refractivity contribution in [1.29, 1.82) is 0 Å². The molecule has 0 radical (unpaired) electrons. The van der Waals surface area contributed by atoms with Crippen molar-refractivity contribution in [2.75, 3.05) is 0 Å². The monoisotopic (exact) mass is 701 g/mol. The first-order valence-corrected chi connectivity index (χ1v) is 18.7. The van der Waals surface area contributed by atoms with Gasteiger partial charge in [0.1, 0.15) is 0 Å². The predicted molar refractivity (Wildman–Crippen MR) is 224 cm³/mol. The van der Waals surface area contributed by atoms with Crippen LogP contribution in [0.25, 0.3) is 67.5 Å². The molecular weight excluding hydrogens is 667 g/mol. The first kappa shape index (κ1) is 32.4. The van der Waals surface area contributed by atoms with Crippen LogP contribution in [0.5, 0.6) is 0 Å². The van der Waals surface area contributed by atoms with Crippen LogP contribution in [0.4, 0.5) is 0 Å². The molecule has 3 heteroatoms. The maximum atomic E-state index is 5.32. The van der Waals surface area contributed by atoms with Crippen molar-refractivity contribution in [2.24, 2.45) is 0 Å². The minimum absolute atomic E-state index is 0.595. The molecule has 1 heterocycles. The third kappa shape index (κ3) is 5.57. The summed E-state index contributed by atoms with van der Waals surface area (Å²) in [7, 11) is 0. The SMILES string of the molecule is c1ccc(-c2ccc(-c3ccc(-c4nc(-c5ccccc5)nc(-c5cccc6c5C(c5ccccc5)(c5ccccc5)c5ccccc5-6)n4)cc3)cc2)cc1. The lowest BCUT2D eigenvalue weighted by Crippen LogP contribution is -2.29. The molecule has 55 heavy (non-hydrogen) atoms. The first-order valence-electron chi connectivity index (χ1n) is 18.7. The lowest BCUT2D eigenvalue weighted by Gasteiger charge is -2.35. The molecule has 1 aromatic heterocycles. The van der Waals surface area contributed by atoms with Crippen molar-refractivity contribution in [1.82, 2.24) is 15.0 Å². The van der Waals surface area contributed by atoms with Crippen LogP contribution in [0.1, 0.15) is 22.3 Å². The third-order valence-corrected chi connectivity index (χ3v) is 10.9. The Labute approximate surface area is 321 Å². The molecule has 0 saturated heterocycles. The van der Waals surface area contributed by atoms with Gasteiger partial charge in [0, 0.05) is 16.7 Å². The first-order chi connectivity index (χ1) is 27.3. The van der Waals surface area contributed by atoms with Gasteiger partial charge in [0.05, 0.1) is 5.41 Å². The number of benzene rings is 8. The molecule has 9 aromatic rings. The Morgan fingerprint density at radius 2 is 0.618 bits per heavy atom. The molecule has 1 aliphatic rings. The Balaban J connectivity index is 1.15. The molecule has 0 spiro atoms. The fourth-order valence-corrected chi connectivity index (χ4v) is 8.33. The topological polar surface area (TPSA) is 38.7 Å². The van der Waals surface area contributed by atoms with Crippen LogP contribution in [0.3, 0.4) is 0 Å². The summed E-state index contributed by atoms with van der Waals surface area (Å²) in [5.74, 6) is 1.91. The standard InChI is InChI=1S/C52H35N3/c1-5-16-36(17-6-1)37-28-30-38(31-29-37)39-32-34-41(35-33-39)50-53-49(40-18-7-2-8-19-40)54-51(55-50)46-26-15-25-45-44-24-13-14-27-47(44)52(48(45)46,42-20-9-3-10-21-42)43-22-11-4-12-23-43/h1-35H. The molecule has 3 nitrogen and oxygen atoms in total. The highest BCUT2D eigenvalue weighted by Gasteiger charge is 2.47. The van der Waals surface area contributed by atoms with Crippen molar-refractivity contribution in [2.45, 2.75) is 5.41 Å². The fourth-order valence-electron chi connectivity index (χ4n) is 8.33. The van der Waals surface area contributed by atoms with E-state index in [-0.39, 0.29) is 0 Å². The van der Waals surface area contributed by atoms with E-state index in [1.165, 1.54) is 44.5 Å². The fraction of sp³-hybridized carbons (Fsp3) is 0.0192. The van der Waals surface area contributed by atoms with E-state index in [1.54, 1.807) is 0 Å². The second-order valence-corrected chi connectivity index (χ2v) is 13.9. The van der Waals surface area contributed by atoms with E-state index in [4.69, 9.17) is 15.0 Å². The van der Waals surface area contributed by atoms with E-state index >= 15 is 0 Å². The minimum atomic E-state index is -0.595. The van der Waals surface area contributed by atoms with Gasteiger partial charge in [0.2, 0.25) is 0 Å². The molecule has 8 aromatic carbocycles. The molecule has 0 unspecified atom stereocenters. The molecule has 1 aliphatic carbocycles. The van der Waals surface area contributed by atoms with E-state index in [2.05, 4.69) is 188 Å². The highest BCUT2D eigenvalue weighted by atomic mass is 15.0. The van der Waals surface area contributed by atoms with E-state index in [0.29, 0.717) is 17.5 Å². The highest BCUT2D eigenvalue weighted by Crippen LogP contribution is 2.58. The van der Waals surface area contributed by atoms with Gasteiger partial charge >= 0.3 is 0 Å². The van der Waals surface area contributed by atoms with Crippen LogP contribution in [0.15, 0.2) is 212 Å². The van der Waals surface area contributed by atoms with Crippen LogP contribution in [-0.4, -0.2) is 15.0 Å². The zero-order chi connectivity index (χ0) is 36.6. The highest BCUT2D eigenvalue weighted by molar-refractivity contribution is 5.92. The smallest absolute Gasteiger partial charge is 0.164 e. The summed E-state index contributed by atoms with van der Waals surface area (Å²) in [6.45, 7) is 0. The van der Waals surface area contributed by atoms with Crippen LogP contribution < -0.4 is 0 Å². The number of hydrogen-bond acceptors (Lipinski definition) is 3. The second kappa shape index (κ2) is 13.6. The average Bonchev–Trinajstić information content (AvgIpc) is 3.59. The van der Waals surface area contributed by atoms with Crippen LogP contribution in [0, 0.1) is 0 Å². The molecule has 0 bridgehead atoms. The van der Waals surface area contributed by atoms with Gasteiger partial charge in [0.25, 0.3) is 0 Å². The quantitative estimate of drug-likeness (QED) is 0.166. The van der Waals surface area contributed by atoms with E-state index in [0.717, 1.165) is 27.8 Å². The van der Waals surface area contributed by atoms with Gasteiger partial charge in [-0.2, -0.15) is 0 Å². The third-order valence-electron chi connectivity index (χ3n) is 10.9. The van der Waals surface area contributed by atoms with Gasteiger partial charge in [-0.05, 0) is 55.6 Å². The van der Waals surface area contributed by atoms with Crippen molar-refractivity contribution < 1.29 is 0 Å². The average molecular weight is 702 g/mol. The van der Waals surface area contributed by atoms with Crippen LogP contribution in [0.2, 0.25) is 0 Å².